The van der Waals surface area contributed by atoms with Crippen LogP contribution >= 0.6 is 15.9 Å². The van der Waals surface area contributed by atoms with Crippen LogP contribution in [0.2, 0.25) is 0 Å². The third-order valence-electron chi connectivity index (χ3n) is 4.03. The second kappa shape index (κ2) is 8.79. The van der Waals surface area contributed by atoms with Crippen LogP contribution in [0.25, 0.3) is 0 Å². The number of nitrogens with one attached hydrogen (secondary N) is 1. The summed E-state index contributed by atoms with van der Waals surface area (Å²) in [5, 5.41) is 3.60. The van der Waals surface area contributed by atoms with Crippen molar-refractivity contribution in [2.45, 2.75) is 58.4 Å². The molecule has 1 atom stereocenters. The van der Waals surface area contributed by atoms with Gasteiger partial charge in [0.15, 0.2) is 0 Å². The molecular weight excluding hydrogens is 326 g/mol. The van der Waals surface area contributed by atoms with Crippen LogP contribution in [0, 0.1) is 5.92 Å². The summed E-state index contributed by atoms with van der Waals surface area (Å²) in [4.78, 5) is 0. The molecule has 1 aromatic rings. The molecular formula is C18H28BrNO. The molecule has 2 nitrogen and oxygen atoms in total. The van der Waals surface area contributed by atoms with Crippen molar-refractivity contribution < 1.29 is 4.74 Å². The SMILES string of the molecule is CCCOc1ccc(CCC(C)CCNC2CC2)cc1Br. The van der Waals surface area contributed by atoms with Crippen molar-refractivity contribution in [1.29, 1.82) is 0 Å². The van der Waals surface area contributed by atoms with E-state index in [1.807, 2.05) is 0 Å². The minimum absolute atomic E-state index is 0.781. The molecule has 0 aliphatic heterocycles. The molecule has 3 heteroatoms. The zero-order valence-corrected chi connectivity index (χ0v) is 14.9. The van der Waals surface area contributed by atoms with E-state index in [1.54, 1.807) is 0 Å². The molecule has 0 aromatic heterocycles. The molecule has 0 heterocycles. The first-order chi connectivity index (χ1) is 10.2. The maximum absolute atomic E-state index is 5.69. The first-order valence-electron chi connectivity index (χ1n) is 8.33. The summed E-state index contributed by atoms with van der Waals surface area (Å²) in [5.74, 6) is 1.74. The lowest BCUT2D eigenvalue weighted by atomic mass is 9.98. The Bertz CT molecular complexity index is 431. The molecule has 1 saturated carbocycles. The van der Waals surface area contributed by atoms with E-state index in [4.69, 9.17) is 4.74 Å². The van der Waals surface area contributed by atoms with E-state index in [2.05, 4.69) is 53.3 Å². The van der Waals surface area contributed by atoms with Gasteiger partial charge in [-0.05, 0) is 84.6 Å². The summed E-state index contributed by atoms with van der Waals surface area (Å²) >= 11 is 3.61. The van der Waals surface area contributed by atoms with Gasteiger partial charge >= 0.3 is 0 Å². The van der Waals surface area contributed by atoms with Gasteiger partial charge in [-0.25, -0.2) is 0 Å². The van der Waals surface area contributed by atoms with E-state index in [1.165, 1.54) is 37.8 Å². The average molecular weight is 354 g/mol. The quantitative estimate of drug-likeness (QED) is 0.642. The normalized spacial score (nSPS) is 16.0. The van der Waals surface area contributed by atoms with E-state index in [9.17, 15) is 0 Å². The number of hydrogen-bond donors (Lipinski definition) is 1. The Balaban J connectivity index is 1.70. The van der Waals surface area contributed by atoms with Crippen molar-refractivity contribution in [3.63, 3.8) is 0 Å². The van der Waals surface area contributed by atoms with Crippen molar-refractivity contribution >= 4 is 15.9 Å². The first kappa shape index (κ1) is 16.8. The summed E-state index contributed by atoms with van der Waals surface area (Å²) in [7, 11) is 0. The molecule has 0 spiro atoms. The predicted octanol–water partition coefficient (Wildman–Crippen LogP) is 4.95. The minimum atomic E-state index is 0.781. The topological polar surface area (TPSA) is 21.3 Å². The maximum Gasteiger partial charge on any atom is 0.133 e. The standard InChI is InChI=1S/C18H28BrNO/c1-3-12-21-18-9-6-15(13-17(18)19)5-4-14(2)10-11-20-16-7-8-16/h6,9,13-14,16,20H,3-5,7-8,10-12H2,1-2H3. The lowest BCUT2D eigenvalue weighted by Gasteiger charge is -2.13. The Labute approximate surface area is 137 Å². The number of halogens is 1. The van der Waals surface area contributed by atoms with Gasteiger partial charge in [0.05, 0.1) is 11.1 Å². The Morgan fingerprint density at radius 1 is 1.33 bits per heavy atom. The minimum Gasteiger partial charge on any atom is -0.492 e. The summed E-state index contributed by atoms with van der Waals surface area (Å²) in [6.07, 6.45) is 7.50. The summed E-state index contributed by atoms with van der Waals surface area (Å²) in [6.45, 7) is 6.45. The summed E-state index contributed by atoms with van der Waals surface area (Å²) in [6, 6.07) is 7.34. The van der Waals surface area contributed by atoms with Crippen molar-refractivity contribution in [2.24, 2.45) is 5.92 Å². The lowest BCUT2D eigenvalue weighted by molar-refractivity contribution is 0.315. The highest BCUT2D eigenvalue weighted by Gasteiger charge is 2.19. The fraction of sp³-hybridized carbons (Fsp3) is 0.667. The lowest BCUT2D eigenvalue weighted by Crippen LogP contribution is -2.19. The van der Waals surface area contributed by atoms with Crippen molar-refractivity contribution in [3.05, 3.63) is 28.2 Å². The van der Waals surface area contributed by atoms with E-state index < -0.39 is 0 Å². The van der Waals surface area contributed by atoms with E-state index in [0.717, 1.165) is 41.6 Å². The van der Waals surface area contributed by atoms with Crippen LogP contribution in [0.4, 0.5) is 0 Å². The molecule has 118 valence electrons. The predicted molar refractivity (Wildman–Crippen MR) is 93.1 cm³/mol. The van der Waals surface area contributed by atoms with Gasteiger partial charge < -0.3 is 10.1 Å². The van der Waals surface area contributed by atoms with Gasteiger partial charge in [-0.1, -0.05) is 19.9 Å². The highest BCUT2D eigenvalue weighted by atomic mass is 79.9. The first-order valence-corrected chi connectivity index (χ1v) is 9.13. The van der Waals surface area contributed by atoms with Crippen LogP contribution in [-0.2, 0) is 6.42 Å². The molecule has 0 bridgehead atoms. The zero-order valence-electron chi connectivity index (χ0n) is 13.3. The van der Waals surface area contributed by atoms with Crippen LogP contribution in [0.15, 0.2) is 22.7 Å². The Morgan fingerprint density at radius 3 is 2.81 bits per heavy atom. The molecule has 1 unspecified atom stereocenters. The molecule has 1 aliphatic carbocycles. The molecule has 1 aromatic carbocycles. The fourth-order valence-corrected chi connectivity index (χ4v) is 2.95. The van der Waals surface area contributed by atoms with E-state index in [0.29, 0.717) is 0 Å². The van der Waals surface area contributed by atoms with E-state index >= 15 is 0 Å². The van der Waals surface area contributed by atoms with E-state index in [-0.39, 0.29) is 0 Å². The van der Waals surface area contributed by atoms with Crippen molar-refractivity contribution in [3.8, 4) is 5.75 Å². The molecule has 21 heavy (non-hydrogen) atoms. The van der Waals surface area contributed by atoms with Crippen LogP contribution in [-0.4, -0.2) is 19.2 Å². The molecule has 0 radical (unpaired) electrons. The van der Waals surface area contributed by atoms with Crippen LogP contribution in [0.5, 0.6) is 5.75 Å². The number of rotatable bonds is 10. The highest BCUT2D eigenvalue weighted by molar-refractivity contribution is 9.10. The van der Waals surface area contributed by atoms with Gasteiger partial charge in [-0.15, -0.1) is 0 Å². The van der Waals surface area contributed by atoms with Gasteiger partial charge in [0.25, 0.3) is 0 Å². The third-order valence-corrected chi connectivity index (χ3v) is 4.65. The molecule has 1 N–H and O–H groups in total. The van der Waals surface area contributed by atoms with Crippen LogP contribution < -0.4 is 10.1 Å². The summed E-state index contributed by atoms with van der Waals surface area (Å²) < 4.78 is 6.77. The zero-order chi connectivity index (χ0) is 15.1. The molecule has 2 rings (SSSR count). The third kappa shape index (κ3) is 6.39. The Hall–Kier alpha value is -0.540. The van der Waals surface area contributed by atoms with Crippen molar-refractivity contribution in [2.75, 3.05) is 13.2 Å². The number of benzene rings is 1. The van der Waals surface area contributed by atoms with Gasteiger partial charge in [-0.3, -0.25) is 0 Å². The molecule has 0 amide bonds. The average Bonchev–Trinajstić information content (AvgIpc) is 3.28. The molecule has 1 fully saturated rings. The number of hydrogen-bond acceptors (Lipinski definition) is 2. The van der Waals surface area contributed by atoms with Gasteiger partial charge in [0.2, 0.25) is 0 Å². The van der Waals surface area contributed by atoms with Gasteiger partial charge in [0.1, 0.15) is 5.75 Å². The maximum atomic E-state index is 5.69. The van der Waals surface area contributed by atoms with Gasteiger partial charge in [-0.2, -0.15) is 0 Å². The van der Waals surface area contributed by atoms with Crippen molar-refractivity contribution in [1.82, 2.24) is 5.32 Å². The second-order valence-electron chi connectivity index (χ2n) is 6.27. The van der Waals surface area contributed by atoms with Crippen LogP contribution in [0.1, 0.15) is 51.5 Å². The Morgan fingerprint density at radius 2 is 2.14 bits per heavy atom. The van der Waals surface area contributed by atoms with Crippen LogP contribution in [0.3, 0.4) is 0 Å². The number of ether oxygens (including phenoxy) is 1. The smallest absolute Gasteiger partial charge is 0.133 e. The monoisotopic (exact) mass is 353 g/mol. The van der Waals surface area contributed by atoms with Gasteiger partial charge in [0, 0.05) is 6.04 Å². The second-order valence-corrected chi connectivity index (χ2v) is 7.13. The fourth-order valence-electron chi connectivity index (χ4n) is 2.41. The Kier molecular flexibility index (Phi) is 7.05. The molecule has 0 saturated heterocycles. The largest absolute Gasteiger partial charge is 0.492 e. The number of aryl methyl sites for hydroxylation is 1. The summed E-state index contributed by atoms with van der Waals surface area (Å²) in [5.41, 5.74) is 1.40. The highest BCUT2D eigenvalue weighted by Crippen LogP contribution is 2.27. The molecule has 1 aliphatic rings.